The zero-order valence-electron chi connectivity index (χ0n) is 16.2. The van der Waals surface area contributed by atoms with Crippen LogP contribution >= 0.6 is 0 Å². The zero-order chi connectivity index (χ0) is 20.6. The highest BCUT2D eigenvalue weighted by molar-refractivity contribution is 7.89. The Morgan fingerprint density at radius 3 is 2.83 bits per heavy atom. The topological polar surface area (TPSA) is 99.3 Å². The van der Waals surface area contributed by atoms with E-state index in [2.05, 4.69) is 15.4 Å². The molecule has 2 unspecified atom stereocenters. The SMILES string of the molecule is CC[C@H]1CN(Cc2cn[nH]n2)C(=O)C2CCCC1N2S(=O)(=O)c1cccc(F)c1. The number of nitrogens with one attached hydrogen (secondary N) is 1. The first-order valence-electron chi connectivity index (χ1n) is 9.84. The van der Waals surface area contributed by atoms with E-state index in [-0.39, 0.29) is 29.3 Å². The van der Waals surface area contributed by atoms with Crippen LogP contribution in [0.4, 0.5) is 4.39 Å². The summed E-state index contributed by atoms with van der Waals surface area (Å²) in [6.45, 7) is 2.74. The fourth-order valence-electron chi connectivity index (χ4n) is 4.52. The Balaban J connectivity index is 1.75. The molecular weight excluding hydrogens is 397 g/mol. The molecule has 2 saturated heterocycles. The van der Waals surface area contributed by atoms with Gasteiger partial charge >= 0.3 is 0 Å². The second-order valence-electron chi connectivity index (χ2n) is 7.65. The lowest BCUT2D eigenvalue weighted by Crippen LogP contribution is -2.54. The van der Waals surface area contributed by atoms with Gasteiger partial charge in [-0.15, -0.1) is 0 Å². The van der Waals surface area contributed by atoms with Crippen LogP contribution < -0.4 is 0 Å². The van der Waals surface area contributed by atoms with E-state index in [9.17, 15) is 17.6 Å². The van der Waals surface area contributed by atoms with Crippen LogP contribution in [0.3, 0.4) is 0 Å². The summed E-state index contributed by atoms with van der Waals surface area (Å²) < 4.78 is 42.1. The van der Waals surface area contributed by atoms with Crippen LogP contribution in [-0.4, -0.2) is 57.6 Å². The number of carbonyl (C=O) groups excluding carboxylic acids is 1. The normalized spacial score (nSPS) is 25.8. The fraction of sp³-hybridized carbons (Fsp3) is 0.526. The smallest absolute Gasteiger partial charge is 0.244 e. The van der Waals surface area contributed by atoms with Crippen LogP contribution in [-0.2, 0) is 21.4 Å². The number of rotatable bonds is 5. The van der Waals surface area contributed by atoms with E-state index >= 15 is 0 Å². The molecule has 2 aromatic rings. The van der Waals surface area contributed by atoms with Crippen molar-refractivity contribution in [1.82, 2.24) is 24.6 Å². The summed E-state index contributed by atoms with van der Waals surface area (Å²) >= 11 is 0. The quantitative estimate of drug-likeness (QED) is 0.795. The maximum Gasteiger partial charge on any atom is 0.244 e. The van der Waals surface area contributed by atoms with Crippen LogP contribution in [0.2, 0.25) is 0 Å². The molecule has 4 rings (SSSR count). The summed E-state index contributed by atoms with van der Waals surface area (Å²) in [5.74, 6) is -0.856. The average molecular weight is 421 g/mol. The molecule has 1 aromatic heterocycles. The molecule has 2 fully saturated rings. The van der Waals surface area contributed by atoms with Crippen molar-refractivity contribution in [3.8, 4) is 0 Å². The van der Waals surface area contributed by atoms with Crippen molar-refractivity contribution in [1.29, 1.82) is 0 Å². The summed E-state index contributed by atoms with van der Waals surface area (Å²) in [6.07, 6.45) is 4.22. The van der Waals surface area contributed by atoms with Crippen molar-refractivity contribution in [2.24, 2.45) is 5.92 Å². The molecule has 0 radical (unpaired) electrons. The van der Waals surface area contributed by atoms with E-state index in [4.69, 9.17) is 0 Å². The number of H-pyrrole nitrogens is 1. The zero-order valence-corrected chi connectivity index (χ0v) is 17.0. The van der Waals surface area contributed by atoms with Gasteiger partial charge in [-0.3, -0.25) is 4.79 Å². The molecule has 2 aliphatic heterocycles. The van der Waals surface area contributed by atoms with E-state index in [0.717, 1.165) is 18.9 Å². The molecule has 10 heteroatoms. The molecule has 0 spiro atoms. The molecule has 2 aliphatic rings. The summed E-state index contributed by atoms with van der Waals surface area (Å²) in [5.41, 5.74) is 0.629. The molecule has 1 N–H and O–H groups in total. The Bertz CT molecular complexity index is 981. The van der Waals surface area contributed by atoms with Crippen LogP contribution in [0.5, 0.6) is 0 Å². The predicted octanol–water partition coefficient (Wildman–Crippen LogP) is 1.92. The van der Waals surface area contributed by atoms with Gasteiger partial charge in [-0.2, -0.15) is 19.7 Å². The minimum Gasteiger partial charge on any atom is -0.335 e. The maximum absolute atomic E-state index is 13.8. The van der Waals surface area contributed by atoms with Crippen molar-refractivity contribution in [3.05, 3.63) is 42.0 Å². The molecule has 29 heavy (non-hydrogen) atoms. The Morgan fingerprint density at radius 2 is 2.14 bits per heavy atom. The van der Waals surface area contributed by atoms with E-state index in [0.29, 0.717) is 25.1 Å². The number of aromatic amines is 1. The molecule has 156 valence electrons. The lowest BCUT2D eigenvalue weighted by molar-refractivity contribution is -0.135. The molecule has 1 aromatic carbocycles. The molecule has 0 aliphatic carbocycles. The lowest BCUT2D eigenvalue weighted by Gasteiger charge is -2.40. The molecule has 2 bridgehead atoms. The number of hydrogen-bond donors (Lipinski definition) is 1. The van der Waals surface area contributed by atoms with Gasteiger partial charge in [0, 0.05) is 12.6 Å². The number of aromatic nitrogens is 3. The molecule has 1 amide bonds. The Hall–Kier alpha value is -2.33. The Kier molecular flexibility index (Phi) is 5.39. The van der Waals surface area contributed by atoms with Gasteiger partial charge in [-0.1, -0.05) is 19.4 Å². The van der Waals surface area contributed by atoms with Gasteiger partial charge in [-0.05, 0) is 43.4 Å². The third-order valence-electron chi connectivity index (χ3n) is 5.92. The number of benzene rings is 1. The fourth-order valence-corrected chi connectivity index (χ4v) is 6.44. The highest BCUT2D eigenvalue weighted by Crippen LogP contribution is 2.38. The summed E-state index contributed by atoms with van der Waals surface area (Å²) in [4.78, 5) is 15.0. The highest BCUT2D eigenvalue weighted by Gasteiger charge is 2.49. The number of halogens is 1. The number of sulfonamides is 1. The van der Waals surface area contributed by atoms with Crippen molar-refractivity contribution >= 4 is 15.9 Å². The van der Waals surface area contributed by atoms with Crippen molar-refractivity contribution in [2.75, 3.05) is 6.54 Å². The van der Waals surface area contributed by atoms with Crippen LogP contribution in [0.25, 0.3) is 0 Å². The number of carbonyl (C=O) groups is 1. The summed E-state index contributed by atoms with van der Waals surface area (Å²) in [6, 6.07) is 3.92. The number of amides is 1. The van der Waals surface area contributed by atoms with E-state index < -0.39 is 21.9 Å². The summed E-state index contributed by atoms with van der Waals surface area (Å²) in [5, 5.41) is 10.4. The Labute approximate surface area is 169 Å². The number of hydrogen-bond acceptors (Lipinski definition) is 5. The first-order valence-corrected chi connectivity index (χ1v) is 11.3. The largest absolute Gasteiger partial charge is 0.335 e. The molecule has 0 saturated carbocycles. The third-order valence-corrected chi connectivity index (χ3v) is 7.85. The number of fused-ring (bicyclic) bond motifs is 2. The van der Waals surface area contributed by atoms with Gasteiger partial charge < -0.3 is 4.90 Å². The first-order chi connectivity index (χ1) is 13.9. The van der Waals surface area contributed by atoms with Crippen LogP contribution in [0.15, 0.2) is 35.4 Å². The monoisotopic (exact) mass is 421 g/mol. The van der Waals surface area contributed by atoms with E-state index in [1.807, 2.05) is 6.92 Å². The van der Waals surface area contributed by atoms with Gasteiger partial charge in [0.1, 0.15) is 17.6 Å². The van der Waals surface area contributed by atoms with Gasteiger partial charge in [0.2, 0.25) is 15.9 Å². The van der Waals surface area contributed by atoms with Crippen molar-refractivity contribution < 1.29 is 17.6 Å². The van der Waals surface area contributed by atoms with Crippen molar-refractivity contribution in [2.45, 2.75) is 56.1 Å². The van der Waals surface area contributed by atoms with Gasteiger partial charge in [0.25, 0.3) is 0 Å². The second kappa shape index (κ2) is 7.83. The lowest BCUT2D eigenvalue weighted by atomic mass is 9.89. The average Bonchev–Trinajstić information content (AvgIpc) is 3.21. The van der Waals surface area contributed by atoms with Crippen molar-refractivity contribution in [3.63, 3.8) is 0 Å². The Morgan fingerprint density at radius 1 is 1.31 bits per heavy atom. The van der Waals surface area contributed by atoms with Gasteiger partial charge in [0.05, 0.1) is 17.6 Å². The number of nitrogens with zero attached hydrogens (tertiary/aromatic N) is 4. The first kappa shape index (κ1) is 20.0. The molecular formula is C19H24FN5O3S. The minimum absolute atomic E-state index is 0.0144. The van der Waals surface area contributed by atoms with Gasteiger partial charge in [-0.25, -0.2) is 12.8 Å². The maximum atomic E-state index is 13.8. The summed E-state index contributed by atoms with van der Waals surface area (Å²) in [7, 11) is -4.02. The van der Waals surface area contributed by atoms with Crippen LogP contribution in [0, 0.1) is 11.7 Å². The minimum atomic E-state index is -4.02. The highest BCUT2D eigenvalue weighted by atomic mass is 32.2. The van der Waals surface area contributed by atoms with Gasteiger partial charge in [0.15, 0.2) is 0 Å². The molecule has 8 nitrogen and oxygen atoms in total. The number of piperidine rings is 1. The second-order valence-corrected chi connectivity index (χ2v) is 9.50. The molecule has 3 atom stereocenters. The predicted molar refractivity (Wildman–Crippen MR) is 102 cm³/mol. The van der Waals surface area contributed by atoms with Crippen LogP contribution in [0.1, 0.15) is 38.3 Å². The van der Waals surface area contributed by atoms with E-state index in [1.54, 1.807) is 11.1 Å². The standard InChI is InChI=1S/C19H24FN5O3S/c1-2-13-11-24(12-15-10-21-23-22-15)19(26)18-8-4-7-17(13)25(18)29(27,28)16-6-3-5-14(20)9-16/h3,5-6,9-10,13,17-18H,2,4,7-8,11-12H2,1H3,(H,21,22,23)/t13-,17?,18?/m0/s1. The van der Waals surface area contributed by atoms with E-state index in [1.165, 1.54) is 22.5 Å². The molecule has 3 heterocycles. The third kappa shape index (κ3) is 3.66.